The van der Waals surface area contributed by atoms with Crippen LogP contribution in [-0.4, -0.2) is 12.8 Å². The quantitative estimate of drug-likeness (QED) is 0.385. The summed E-state index contributed by atoms with van der Waals surface area (Å²) in [5.41, 5.74) is 3.66. The molecule has 0 N–H and O–H groups in total. The van der Waals surface area contributed by atoms with Crippen molar-refractivity contribution in [2.45, 2.75) is 20.5 Å². The number of benzene rings is 3. The maximum Gasteiger partial charge on any atom is 0.175 e. The average Bonchev–Trinajstić information content (AvgIpc) is 2.67. The molecule has 0 amide bonds. The third-order valence-corrected chi connectivity index (χ3v) is 4.66. The van der Waals surface area contributed by atoms with E-state index in [4.69, 9.17) is 9.47 Å². The molecule has 0 atom stereocenters. The molecule has 0 heterocycles. The highest BCUT2D eigenvalue weighted by molar-refractivity contribution is 9.10. The van der Waals surface area contributed by atoms with Gasteiger partial charge >= 0.3 is 0 Å². The van der Waals surface area contributed by atoms with Gasteiger partial charge in [-0.3, -0.25) is 4.99 Å². The Kier molecular flexibility index (Phi) is 6.82. The molecule has 5 heteroatoms. The molecule has 0 unspecified atom stereocenters. The lowest BCUT2D eigenvalue weighted by Crippen LogP contribution is -2.01. The molecule has 0 saturated heterocycles. The summed E-state index contributed by atoms with van der Waals surface area (Å²) < 4.78 is 25.8. The minimum absolute atomic E-state index is 0.243. The summed E-state index contributed by atoms with van der Waals surface area (Å²) in [5, 5.41) is 0. The number of halogens is 2. The van der Waals surface area contributed by atoms with Crippen LogP contribution in [0.3, 0.4) is 0 Å². The van der Waals surface area contributed by atoms with Crippen LogP contribution in [0.4, 0.5) is 10.1 Å². The number of aliphatic imine (C=N–C) groups is 1. The molecule has 0 bridgehead atoms. The lowest BCUT2D eigenvalue weighted by Gasteiger charge is -2.15. The van der Waals surface area contributed by atoms with Gasteiger partial charge < -0.3 is 9.47 Å². The molecule has 0 saturated carbocycles. The number of para-hydroxylation sites is 1. The van der Waals surface area contributed by atoms with Crippen LogP contribution >= 0.6 is 15.9 Å². The summed E-state index contributed by atoms with van der Waals surface area (Å²) in [5.74, 6) is 0.909. The number of rotatable bonds is 7. The average molecular weight is 442 g/mol. The summed E-state index contributed by atoms with van der Waals surface area (Å²) in [4.78, 5) is 4.57. The van der Waals surface area contributed by atoms with Gasteiger partial charge in [0.05, 0.1) is 16.8 Å². The van der Waals surface area contributed by atoms with Crippen LogP contribution in [0.2, 0.25) is 0 Å². The Morgan fingerprint density at radius 2 is 1.86 bits per heavy atom. The fourth-order valence-electron chi connectivity index (χ4n) is 2.70. The van der Waals surface area contributed by atoms with Crippen molar-refractivity contribution in [3.8, 4) is 11.5 Å². The standard InChI is InChI=1S/C23H21BrFNO2/c1-3-27-22-13-18(14-26-21-10-5-4-7-16(21)2)12-20(24)23(22)28-15-17-8-6-9-19(25)11-17/h4-14H,3,15H2,1-2H3. The van der Waals surface area contributed by atoms with Gasteiger partial charge in [0, 0.05) is 6.21 Å². The number of hydrogen-bond donors (Lipinski definition) is 0. The molecule has 0 aliphatic heterocycles. The third-order valence-electron chi connectivity index (χ3n) is 4.07. The fraction of sp³-hybridized carbons (Fsp3) is 0.174. The molecular formula is C23H21BrFNO2. The van der Waals surface area contributed by atoms with Crippen molar-refractivity contribution in [1.82, 2.24) is 0 Å². The number of ether oxygens (including phenoxy) is 2. The minimum atomic E-state index is -0.284. The topological polar surface area (TPSA) is 30.8 Å². The molecule has 0 aliphatic rings. The SMILES string of the molecule is CCOc1cc(C=Nc2ccccc2C)cc(Br)c1OCc1cccc(F)c1. The first-order valence-electron chi connectivity index (χ1n) is 9.00. The van der Waals surface area contributed by atoms with E-state index in [0.717, 1.165) is 26.9 Å². The lowest BCUT2D eigenvalue weighted by atomic mass is 10.2. The second kappa shape index (κ2) is 9.51. The maximum atomic E-state index is 13.4. The second-order valence-electron chi connectivity index (χ2n) is 6.23. The van der Waals surface area contributed by atoms with Crippen LogP contribution in [-0.2, 0) is 6.61 Å². The highest BCUT2D eigenvalue weighted by Gasteiger charge is 2.12. The van der Waals surface area contributed by atoms with E-state index in [9.17, 15) is 4.39 Å². The number of hydrogen-bond acceptors (Lipinski definition) is 3. The Morgan fingerprint density at radius 3 is 2.61 bits per heavy atom. The van der Waals surface area contributed by atoms with Crippen molar-refractivity contribution >= 4 is 27.8 Å². The monoisotopic (exact) mass is 441 g/mol. The van der Waals surface area contributed by atoms with Gasteiger partial charge in [0.2, 0.25) is 0 Å². The normalized spacial score (nSPS) is 11.0. The molecular weight excluding hydrogens is 421 g/mol. The predicted molar refractivity (Wildman–Crippen MR) is 114 cm³/mol. The van der Waals surface area contributed by atoms with Crippen molar-refractivity contribution in [3.05, 3.63) is 87.6 Å². The van der Waals surface area contributed by atoms with Gasteiger partial charge in [-0.1, -0.05) is 30.3 Å². The first-order chi connectivity index (χ1) is 13.6. The van der Waals surface area contributed by atoms with Crippen LogP contribution in [0, 0.1) is 12.7 Å². The van der Waals surface area contributed by atoms with Crippen molar-refractivity contribution in [3.63, 3.8) is 0 Å². The summed E-state index contributed by atoms with van der Waals surface area (Å²) in [6.45, 7) is 4.68. The van der Waals surface area contributed by atoms with Crippen LogP contribution in [0.15, 0.2) is 70.1 Å². The molecule has 0 radical (unpaired) electrons. The molecule has 28 heavy (non-hydrogen) atoms. The molecule has 144 valence electrons. The molecule has 0 fully saturated rings. The van der Waals surface area contributed by atoms with Gasteiger partial charge in [-0.15, -0.1) is 0 Å². The van der Waals surface area contributed by atoms with E-state index < -0.39 is 0 Å². The first kappa shape index (κ1) is 20.1. The third kappa shape index (κ3) is 5.20. The predicted octanol–water partition coefficient (Wildman–Crippen LogP) is 6.62. The summed E-state index contributed by atoms with van der Waals surface area (Å²) >= 11 is 3.56. The van der Waals surface area contributed by atoms with Crippen LogP contribution in [0.1, 0.15) is 23.6 Å². The van der Waals surface area contributed by atoms with Gasteiger partial charge in [0.1, 0.15) is 12.4 Å². The minimum Gasteiger partial charge on any atom is -0.490 e. The molecule has 3 aromatic rings. The Labute approximate surface area is 173 Å². The van der Waals surface area contributed by atoms with E-state index >= 15 is 0 Å². The van der Waals surface area contributed by atoms with Gasteiger partial charge in [0.25, 0.3) is 0 Å². The molecule has 3 nitrogen and oxygen atoms in total. The fourth-order valence-corrected chi connectivity index (χ4v) is 3.27. The van der Waals surface area contributed by atoms with Crippen LogP contribution in [0.5, 0.6) is 11.5 Å². The number of aryl methyl sites for hydroxylation is 1. The smallest absolute Gasteiger partial charge is 0.175 e. The Hall–Kier alpha value is -2.66. The second-order valence-corrected chi connectivity index (χ2v) is 7.08. The molecule has 0 aliphatic carbocycles. The van der Waals surface area contributed by atoms with Gasteiger partial charge in [0.15, 0.2) is 11.5 Å². The van der Waals surface area contributed by atoms with E-state index in [-0.39, 0.29) is 12.4 Å². The zero-order valence-corrected chi connectivity index (χ0v) is 17.4. The molecule has 3 rings (SSSR count). The Bertz CT molecular complexity index is 988. The highest BCUT2D eigenvalue weighted by Crippen LogP contribution is 2.37. The number of nitrogens with zero attached hydrogens (tertiary/aromatic N) is 1. The van der Waals surface area contributed by atoms with Gasteiger partial charge in [-0.05, 0) is 76.8 Å². The lowest BCUT2D eigenvalue weighted by molar-refractivity contribution is 0.267. The molecule has 0 spiro atoms. The summed E-state index contributed by atoms with van der Waals surface area (Å²) in [7, 11) is 0. The van der Waals surface area contributed by atoms with Gasteiger partial charge in [-0.25, -0.2) is 4.39 Å². The first-order valence-corrected chi connectivity index (χ1v) is 9.79. The van der Waals surface area contributed by atoms with Crippen LogP contribution in [0.25, 0.3) is 0 Å². The largest absolute Gasteiger partial charge is 0.490 e. The van der Waals surface area contributed by atoms with E-state index in [2.05, 4.69) is 20.9 Å². The van der Waals surface area contributed by atoms with Crippen molar-refractivity contribution in [2.24, 2.45) is 4.99 Å². The molecule has 0 aromatic heterocycles. The van der Waals surface area contributed by atoms with Crippen molar-refractivity contribution < 1.29 is 13.9 Å². The summed E-state index contributed by atoms with van der Waals surface area (Å²) in [6, 6.07) is 18.1. The maximum absolute atomic E-state index is 13.4. The van der Waals surface area contributed by atoms with E-state index in [0.29, 0.717) is 18.1 Å². The van der Waals surface area contributed by atoms with Gasteiger partial charge in [-0.2, -0.15) is 0 Å². The van der Waals surface area contributed by atoms with E-state index in [1.54, 1.807) is 12.3 Å². The van der Waals surface area contributed by atoms with Crippen LogP contribution < -0.4 is 9.47 Å². The zero-order valence-electron chi connectivity index (χ0n) is 15.8. The molecule has 3 aromatic carbocycles. The van der Waals surface area contributed by atoms with Crippen molar-refractivity contribution in [1.29, 1.82) is 0 Å². The zero-order chi connectivity index (χ0) is 19.9. The summed E-state index contributed by atoms with van der Waals surface area (Å²) in [6.07, 6.45) is 1.80. The van der Waals surface area contributed by atoms with Crippen molar-refractivity contribution in [2.75, 3.05) is 6.61 Å². The Morgan fingerprint density at radius 1 is 1.04 bits per heavy atom. The highest BCUT2D eigenvalue weighted by atomic mass is 79.9. The Balaban J connectivity index is 1.84. The van der Waals surface area contributed by atoms with E-state index in [1.165, 1.54) is 12.1 Å². The van der Waals surface area contributed by atoms with E-state index in [1.807, 2.05) is 56.3 Å².